The number of carbonyl (C=O) groups excluding carboxylic acids is 1. The van der Waals surface area contributed by atoms with Gasteiger partial charge in [0.05, 0.1) is 13.2 Å². The number of nitrogens with zero attached hydrogens (tertiary/aromatic N) is 1. The van der Waals surface area contributed by atoms with Gasteiger partial charge in [0.15, 0.2) is 0 Å². The van der Waals surface area contributed by atoms with Gasteiger partial charge in [-0.2, -0.15) is 0 Å². The standard InChI is InChI=1S/C22H30N2O4/c1-2-28-19-9-10-20-17(14-19)13-18(21(26)23-20)15-24(11-6-12-25)22(27)16-7-4-3-5-8-16/h9-10,13-14,16,25H,2-8,11-12,15H2,1H3,(H,23,26). The monoisotopic (exact) mass is 386 g/mol. The molecule has 0 unspecified atom stereocenters. The Morgan fingerprint density at radius 1 is 1.25 bits per heavy atom. The summed E-state index contributed by atoms with van der Waals surface area (Å²) in [7, 11) is 0. The van der Waals surface area contributed by atoms with Crippen molar-refractivity contribution in [1.82, 2.24) is 9.88 Å². The molecule has 152 valence electrons. The molecule has 1 aromatic carbocycles. The number of aromatic nitrogens is 1. The summed E-state index contributed by atoms with van der Waals surface area (Å²) in [5, 5.41) is 10.1. The smallest absolute Gasteiger partial charge is 0.253 e. The number of rotatable bonds is 8. The lowest BCUT2D eigenvalue weighted by Gasteiger charge is -2.29. The lowest BCUT2D eigenvalue weighted by atomic mass is 9.88. The number of hydrogen-bond acceptors (Lipinski definition) is 4. The zero-order valence-electron chi connectivity index (χ0n) is 16.6. The van der Waals surface area contributed by atoms with Gasteiger partial charge in [-0.3, -0.25) is 9.59 Å². The molecule has 1 aliphatic rings. The first kappa shape index (κ1) is 20.4. The van der Waals surface area contributed by atoms with E-state index in [4.69, 9.17) is 4.74 Å². The van der Waals surface area contributed by atoms with Crippen LogP contribution in [-0.2, 0) is 11.3 Å². The lowest BCUT2D eigenvalue weighted by Crippen LogP contribution is -2.38. The summed E-state index contributed by atoms with van der Waals surface area (Å²) >= 11 is 0. The Balaban J connectivity index is 1.85. The van der Waals surface area contributed by atoms with Crippen molar-refractivity contribution < 1.29 is 14.6 Å². The first-order valence-corrected chi connectivity index (χ1v) is 10.3. The largest absolute Gasteiger partial charge is 0.494 e. The summed E-state index contributed by atoms with van der Waals surface area (Å²) < 4.78 is 5.55. The van der Waals surface area contributed by atoms with Crippen LogP contribution in [0.1, 0.15) is 51.0 Å². The number of H-pyrrole nitrogens is 1. The van der Waals surface area contributed by atoms with Gasteiger partial charge >= 0.3 is 0 Å². The molecule has 1 aromatic heterocycles. The molecule has 2 N–H and O–H groups in total. The topological polar surface area (TPSA) is 82.6 Å². The van der Waals surface area contributed by atoms with Crippen LogP contribution in [0.15, 0.2) is 29.1 Å². The number of fused-ring (bicyclic) bond motifs is 1. The number of aliphatic hydroxyl groups is 1. The molecule has 6 heteroatoms. The Bertz CT molecular complexity index is 855. The van der Waals surface area contributed by atoms with E-state index >= 15 is 0 Å². The van der Waals surface area contributed by atoms with E-state index in [1.807, 2.05) is 31.2 Å². The van der Waals surface area contributed by atoms with Crippen LogP contribution in [0.2, 0.25) is 0 Å². The van der Waals surface area contributed by atoms with Crippen LogP contribution in [0.25, 0.3) is 10.9 Å². The Labute approximate surface area is 165 Å². The number of aromatic amines is 1. The highest BCUT2D eigenvalue weighted by Gasteiger charge is 2.26. The second-order valence-corrected chi connectivity index (χ2v) is 7.48. The first-order chi connectivity index (χ1) is 13.6. The molecule has 1 saturated carbocycles. The lowest BCUT2D eigenvalue weighted by molar-refractivity contribution is -0.137. The highest BCUT2D eigenvalue weighted by molar-refractivity contribution is 5.81. The van der Waals surface area contributed by atoms with E-state index in [0.717, 1.165) is 42.3 Å². The Hall–Kier alpha value is -2.34. The minimum Gasteiger partial charge on any atom is -0.494 e. The zero-order chi connectivity index (χ0) is 19.9. The van der Waals surface area contributed by atoms with Gasteiger partial charge in [0.1, 0.15) is 5.75 Å². The summed E-state index contributed by atoms with van der Waals surface area (Å²) in [5.74, 6) is 0.899. The van der Waals surface area contributed by atoms with E-state index in [1.165, 1.54) is 6.42 Å². The molecular formula is C22H30N2O4. The fourth-order valence-electron chi connectivity index (χ4n) is 3.95. The number of amides is 1. The van der Waals surface area contributed by atoms with Gasteiger partial charge in [-0.25, -0.2) is 0 Å². The van der Waals surface area contributed by atoms with Crippen molar-refractivity contribution in [3.8, 4) is 5.75 Å². The number of benzene rings is 1. The van der Waals surface area contributed by atoms with Gasteiger partial charge in [0.2, 0.25) is 5.91 Å². The zero-order valence-corrected chi connectivity index (χ0v) is 16.6. The van der Waals surface area contributed by atoms with Gasteiger partial charge in [0, 0.05) is 35.5 Å². The van der Waals surface area contributed by atoms with E-state index in [2.05, 4.69) is 4.98 Å². The molecule has 1 aliphatic carbocycles. The van der Waals surface area contributed by atoms with Crippen molar-refractivity contribution in [3.63, 3.8) is 0 Å². The summed E-state index contributed by atoms with van der Waals surface area (Å²) in [5.41, 5.74) is 1.13. The van der Waals surface area contributed by atoms with Crippen molar-refractivity contribution in [2.24, 2.45) is 5.92 Å². The minimum absolute atomic E-state index is 0.0280. The number of nitrogens with one attached hydrogen (secondary N) is 1. The SMILES string of the molecule is CCOc1ccc2[nH]c(=O)c(CN(CCCO)C(=O)C3CCCCC3)cc2c1. The predicted octanol–water partition coefficient (Wildman–Crippen LogP) is 3.22. The van der Waals surface area contributed by atoms with Gasteiger partial charge in [-0.15, -0.1) is 0 Å². The van der Waals surface area contributed by atoms with E-state index in [9.17, 15) is 14.7 Å². The third kappa shape index (κ3) is 4.93. The van der Waals surface area contributed by atoms with Crippen LogP contribution in [0, 0.1) is 5.92 Å². The summed E-state index contributed by atoms with van der Waals surface area (Å²) in [6, 6.07) is 7.42. The van der Waals surface area contributed by atoms with Gasteiger partial charge in [-0.1, -0.05) is 19.3 Å². The molecule has 2 aromatic rings. The van der Waals surface area contributed by atoms with Crippen LogP contribution in [0.5, 0.6) is 5.75 Å². The maximum absolute atomic E-state index is 13.0. The predicted molar refractivity (Wildman–Crippen MR) is 109 cm³/mol. The van der Waals surface area contributed by atoms with E-state index in [0.29, 0.717) is 25.1 Å². The fraction of sp³-hybridized carbons (Fsp3) is 0.545. The highest BCUT2D eigenvalue weighted by atomic mass is 16.5. The van der Waals surface area contributed by atoms with Crippen LogP contribution >= 0.6 is 0 Å². The molecule has 1 amide bonds. The average Bonchev–Trinajstić information content (AvgIpc) is 2.72. The van der Waals surface area contributed by atoms with Crippen LogP contribution in [0.3, 0.4) is 0 Å². The molecule has 0 spiro atoms. The molecule has 0 aliphatic heterocycles. The van der Waals surface area contributed by atoms with Gasteiger partial charge < -0.3 is 19.7 Å². The van der Waals surface area contributed by atoms with Crippen molar-refractivity contribution in [2.75, 3.05) is 19.8 Å². The number of aliphatic hydroxyl groups excluding tert-OH is 1. The number of hydrogen-bond donors (Lipinski definition) is 2. The molecule has 6 nitrogen and oxygen atoms in total. The van der Waals surface area contributed by atoms with Gasteiger partial charge in [0.25, 0.3) is 5.56 Å². The molecule has 3 rings (SSSR count). The van der Waals surface area contributed by atoms with Crippen LogP contribution < -0.4 is 10.3 Å². The summed E-state index contributed by atoms with van der Waals surface area (Å²) in [4.78, 5) is 30.3. The van der Waals surface area contributed by atoms with Crippen molar-refractivity contribution in [2.45, 2.75) is 52.0 Å². The minimum atomic E-state index is -0.179. The van der Waals surface area contributed by atoms with E-state index in [1.54, 1.807) is 4.90 Å². The Morgan fingerprint density at radius 3 is 2.75 bits per heavy atom. The van der Waals surface area contributed by atoms with E-state index < -0.39 is 0 Å². The maximum atomic E-state index is 13.0. The third-order valence-corrected chi connectivity index (χ3v) is 5.42. The molecule has 1 heterocycles. The quantitative estimate of drug-likeness (QED) is 0.730. The summed E-state index contributed by atoms with van der Waals surface area (Å²) in [6.07, 6.45) is 5.70. The first-order valence-electron chi connectivity index (χ1n) is 10.3. The normalized spacial score (nSPS) is 14.9. The fourth-order valence-corrected chi connectivity index (χ4v) is 3.95. The van der Waals surface area contributed by atoms with E-state index in [-0.39, 0.29) is 30.5 Å². The molecule has 1 fully saturated rings. The van der Waals surface area contributed by atoms with Gasteiger partial charge in [-0.05, 0) is 50.5 Å². The second-order valence-electron chi connectivity index (χ2n) is 7.48. The number of ether oxygens (including phenoxy) is 1. The van der Waals surface area contributed by atoms with Crippen molar-refractivity contribution in [3.05, 3.63) is 40.2 Å². The maximum Gasteiger partial charge on any atom is 0.253 e. The second kappa shape index (κ2) is 9.73. The number of carbonyl (C=O) groups is 1. The highest BCUT2D eigenvalue weighted by Crippen LogP contribution is 2.26. The Morgan fingerprint density at radius 2 is 2.04 bits per heavy atom. The molecule has 0 saturated heterocycles. The van der Waals surface area contributed by atoms with Crippen molar-refractivity contribution in [1.29, 1.82) is 0 Å². The molecule has 0 atom stereocenters. The average molecular weight is 386 g/mol. The third-order valence-electron chi connectivity index (χ3n) is 5.42. The van der Waals surface area contributed by atoms with Crippen LogP contribution in [-0.4, -0.2) is 40.7 Å². The van der Waals surface area contributed by atoms with Crippen LogP contribution in [0.4, 0.5) is 0 Å². The molecular weight excluding hydrogens is 356 g/mol. The molecule has 0 bridgehead atoms. The summed E-state index contributed by atoms with van der Waals surface area (Å²) in [6.45, 7) is 3.26. The molecule has 0 radical (unpaired) electrons. The molecule has 28 heavy (non-hydrogen) atoms. The number of pyridine rings is 1. The Kier molecular flexibility index (Phi) is 7.09. The van der Waals surface area contributed by atoms with Crippen molar-refractivity contribution >= 4 is 16.8 Å².